The van der Waals surface area contributed by atoms with Crippen LogP contribution in [-0.4, -0.2) is 83.1 Å². The Kier molecular flexibility index (Phi) is 21.9. The van der Waals surface area contributed by atoms with Crippen molar-refractivity contribution in [3.8, 4) is 22.5 Å². The van der Waals surface area contributed by atoms with Crippen LogP contribution >= 0.6 is 46.4 Å². The zero-order valence-corrected chi connectivity index (χ0v) is 32.1. The molecule has 0 bridgehead atoms. The molecule has 0 atom stereocenters. The molecule has 4 rings (SSSR count). The molecule has 6 nitrogen and oxygen atoms in total. The first-order chi connectivity index (χ1) is 17.0. The molecule has 2 aromatic carbocycles. The summed E-state index contributed by atoms with van der Waals surface area (Å²) >= 11 is 26.4. The van der Waals surface area contributed by atoms with Gasteiger partial charge in [0.05, 0.1) is 21.4 Å². The van der Waals surface area contributed by atoms with E-state index in [0.29, 0.717) is 42.6 Å². The number of aryl methyl sites for hydroxylation is 2. The van der Waals surface area contributed by atoms with E-state index in [-0.39, 0.29) is 86.9 Å². The molecule has 14 heteroatoms. The van der Waals surface area contributed by atoms with Gasteiger partial charge in [0.1, 0.15) is 0 Å². The average Bonchev–Trinajstić information content (AvgIpc) is 2.81. The van der Waals surface area contributed by atoms with Crippen molar-refractivity contribution in [2.75, 3.05) is 0 Å². The van der Waals surface area contributed by atoms with Gasteiger partial charge in [0.25, 0.3) is 0 Å². The molecule has 0 spiro atoms. The Morgan fingerprint density at radius 1 is 0.632 bits per heavy atom. The SMILES string of the molecule is Cc1[nH]c(=O)nc(-c2ccc(Cl)cc2Cl)c1C.Cc1[nH]c(=O)nc(-c2ccc(Cl)cc2Cl)c1C.[Ar].[Ar].[K][K]. The predicted octanol–water partition coefficient (Wildman–Crippen LogP) is 5.96. The van der Waals surface area contributed by atoms with E-state index in [1.54, 1.807) is 36.4 Å². The van der Waals surface area contributed by atoms with Crippen LogP contribution in [0.3, 0.4) is 0 Å². The fourth-order valence-electron chi connectivity index (χ4n) is 3.18. The van der Waals surface area contributed by atoms with Gasteiger partial charge in [-0.2, -0.15) is 9.97 Å². The van der Waals surface area contributed by atoms with Crippen LogP contribution in [-0.2, 0) is 0 Å². The fraction of sp³-hybridized carbons (Fsp3) is 0.167. The maximum atomic E-state index is 11.4. The first-order valence-electron chi connectivity index (χ1n) is 11.0. The van der Waals surface area contributed by atoms with E-state index in [9.17, 15) is 9.59 Å². The third-order valence-corrected chi connectivity index (χ3v) is 6.32. The van der Waals surface area contributed by atoms with E-state index >= 15 is 0 Å². The minimum absolute atomic E-state index is 0. The van der Waals surface area contributed by atoms with E-state index in [0.717, 1.165) is 22.5 Å². The molecule has 0 amide bonds. The van der Waals surface area contributed by atoms with E-state index in [1.165, 1.54) is 63.2 Å². The van der Waals surface area contributed by atoms with Crippen LogP contribution in [0, 0.1) is 103 Å². The van der Waals surface area contributed by atoms with Gasteiger partial charge >= 0.3 is 74.5 Å². The van der Waals surface area contributed by atoms with E-state index in [2.05, 4.69) is 19.9 Å². The quantitative estimate of drug-likeness (QED) is 0.253. The number of aromatic amines is 2. The summed E-state index contributed by atoms with van der Waals surface area (Å²) in [5, 5.41) is 2.08. The van der Waals surface area contributed by atoms with Crippen LogP contribution in [0.1, 0.15) is 22.5 Å². The predicted molar refractivity (Wildman–Crippen MR) is 151 cm³/mol. The molecule has 38 heavy (non-hydrogen) atoms. The third kappa shape index (κ3) is 11.9. The number of nitrogens with zero attached hydrogens (tertiary/aromatic N) is 2. The molecule has 194 valence electrons. The third-order valence-electron chi connectivity index (χ3n) is 5.22. The summed E-state index contributed by atoms with van der Waals surface area (Å²) in [6.45, 7) is 7.43. The van der Waals surface area contributed by atoms with Crippen molar-refractivity contribution in [1.29, 1.82) is 0 Å². The Morgan fingerprint density at radius 2 is 0.947 bits per heavy atom. The molecule has 4 aromatic rings. The molecule has 0 saturated carbocycles. The van der Waals surface area contributed by atoms with Gasteiger partial charge in [0, 0.05) is 108 Å². The Labute approximate surface area is 346 Å². The first kappa shape index (κ1) is 41.2. The van der Waals surface area contributed by atoms with Crippen molar-refractivity contribution in [1.82, 2.24) is 19.9 Å². The van der Waals surface area contributed by atoms with Gasteiger partial charge in [-0.25, -0.2) is 9.59 Å². The second-order valence-corrected chi connectivity index (χ2v) is 9.22. The summed E-state index contributed by atoms with van der Waals surface area (Å²) in [6.07, 6.45) is 0. The van der Waals surface area contributed by atoms with Gasteiger partial charge < -0.3 is 9.97 Å². The van der Waals surface area contributed by atoms with Crippen molar-refractivity contribution in [3.05, 3.63) is 100.0 Å². The molecule has 0 aliphatic heterocycles. The molecule has 0 radical (unpaired) electrons. The molecule has 0 saturated heterocycles. The second-order valence-electron chi connectivity index (χ2n) is 7.53. The second kappa shape index (κ2) is 20.2. The Balaban J connectivity index is 0.000000645. The van der Waals surface area contributed by atoms with Gasteiger partial charge in [-0.1, -0.05) is 46.4 Å². The first-order valence-corrected chi connectivity index (χ1v) is 28.5. The van der Waals surface area contributed by atoms with Crippen LogP contribution < -0.4 is 11.4 Å². The molecule has 0 aliphatic carbocycles. The average molecular weight is 696 g/mol. The van der Waals surface area contributed by atoms with Crippen LogP contribution in [0.4, 0.5) is 0 Å². The summed E-state index contributed by atoms with van der Waals surface area (Å²) in [5.41, 5.74) is 5.20. The van der Waals surface area contributed by atoms with Crippen LogP contribution in [0.25, 0.3) is 22.5 Å². The molecule has 0 aliphatic rings. The normalized spacial score (nSPS) is 9.68. The summed E-state index contributed by atoms with van der Waals surface area (Å²) < 4.78 is 0. The van der Waals surface area contributed by atoms with Crippen LogP contribution in [0.2, 0.25) is 20.1 Å². The summed E-state index contributed by atoms with van der Waals surface area (Å²) in [5.74, 6) is 0. The number of benzene rings is 2. The monoisotopic (exact) mass is 694 g/mol. The van der Waals surface area contributed by atoms with Gasteiger partial charge in [0.15, 0.2) is 0 Å². The van der Waals surface area contributed by atoms with Gasteiger partial charge in [-0.05, 0) is 75.2 Å². The topological polar surface area (TPSA) is 91.5 Å². The van der Waals surface area contributed by atoms with E-state index in [4.69, 9.17) is 46.4 Å². The number of hydrogen-bond donors (Lipinski definition) is 2. The maximum absolute atomic E-state index is 11.4. The summed E-state index contributed by atoms with van der Waals surface area (Å²) in [6, 6.07) is 10.2. The van der Waals surface area contributed by atoms with E-state index in [1.807, 2.05) is 27.7 Å². The number of nitrogens with one attached hydrogen (secondary N) is 2. The fourth-order valence-corrected chi connectivity index (χ4v) is 4.17. The van der Waals surface area contributed by atoms with Crippen molar-refractivity contribution < 1.29 is 75.5 Å². The minimum atomic E-state index is -0.380. The van der Waals surface area contributed by atoms with Crippen LogP contribution in [0.15, 0.2) is 46.0 Å². The Morgan fingerprint density at radius 3 is 1.24 bits per heavy atom. The van der Waals surface area contributed by atoms with Crippen LogP contribution in [0.5, 0.6) is 0 Å². The number of aromatic nitrogens is 4. The molecule has 0 fully saturated rings. The summed E-state index contributed by atoms with van der Waals surface area (Å²) in [7, 11) is 0. The molecule has 2 heterocycles. The molecule has 2 N–H and O–H groups in total. The standard InChI is InChI=1S/2C12H10Cl2N2O.2Ar.2K/c2*1-6-7(2)15-12(17)16-11(6)9-4-3-8(13)5-10(9)14;;;;/h2*3-5H,1-2H3,(H,15,16,17);;;;. The van der Waals surface area contributed by atoms with Gasteiger partial charge in [0.2, 0.25) is 0 Å². The van der Waals surface area contributed by atoms with Gasteiger partial charge in [-0.3, -0.25) is 0 Å². The van der Waals surface area contributed by atoms with E-state index < -0.39 is 0 Å². The number of H-pyrrole nitrogens is 2. The number of hydrogen-bond acceptors (Lipinski definition) is 4. The van der Waals surface area contributed by atoms with Crippen molar-refractivity contribution >= 4 is 110 Å². The number of halogens is 4. The molecular weight excluding hydrogens is 676 g/mol. The molecule has 0 unspecified atom stereocenters. The molecular formula is C24H20Ar2Cl4K2N4O2. The van der Waals surface area contributed by atoms with Crippen molar-refractivity contribution in [2.45, 2.75) is 27.7 Å². The van der Waals surface area contributed by atoms with Crippen molar-refractivity contribution in [3.63, 3.8) is 0 Å². The van der Waals surface area contributed by atoms with Gasteiger partial charge in [-0.15, -0.1) is 0 Å². The summed E-state index contributed by atoms with van der Waals surface area (Å²) in [4.78, 5) is 36.0. The zero-order chi connectivity index (χ0) is 27.2. The van der Waals surface area contributed by atoms with Crippen molar-refractivity contribution in [2.24, 2.45) is 0 Å². The Bertz CT molecular complexity index is 1410. The number of rotatable bonds is 2. The zero-order valence-electron chi connectivity index (χ0n) is 21.4. The molecule has 2 aromatic heterocycles. The Hall–Kier alpha value is 3.15.